The fourth-order valence-corrected chi connectivity index (χ4v) is 4.02. The monoisotopic (exact) mass is 325 g/mol. The second-order valence-electron chi connectivity index (χ2n) is 5.44. The fraction of sp³-hybridized carbons (Fsp3) is 0.429. The maximum Gasteiger partial charge on any atom is 0.243 e. The van der Waals surface area contributed by atoms with E-state index in [1.807, 2.05) is 0 Å². The molecule has 8 heteroatoms. The molecule has 118 valence electrons. The number of aromatic nitrogens is 2. The molecule has 0 unspecified atom stereocenters. The molecule has 1 aliphatic rings. The van der Waals surface area contributed by atoms with Crippen molar-refractivity contribution in [2.24, 2.45) is 0 Å². The van der Waals surface area contributed by atoms with Crippen molar-refractivity contribution in [1.82, 2.24) is 14.4 Å². The molecule has 0 bridgehead atoms. The van der Waals surface area contributed by atoms with E-state index < -0.39 is 15.8 Å². The Labute approximate surface area is 128 Å². The summed E-state index contributed by atoms with van der Waals surface area (Å²) in [6.45, 7) is 3.92. The van der Waals surface area contributed by atoms with Crippen molar-refractivity contribution < 1.29 is 17.3 Å². The zero-order valence-electron chi connectivity index (χ0n) is 12.3. The van der Waals surface area contributed by atoms with Crippen LogP contribution in [0.2, 0.25) is 0 Å². The van der Waals surface area contributed by atoms with Crippen LogP contribution in [0.1, 0.15) is 29.6 Å². The number of sulfonamides is 1. The van der Waals surface area contributed by atoms with Gasteiger partial charge < -0.3 is 4.52 Å². The fourth-order valence-electron chi connectivity index (χ4n) is 2.51. The quantitative estimate of drug-likeness (QED) is 0.863. The highest BCUT2D eigenvalue weighted by Gasteiger charge is 2.35. The predicted molar refractivity (Wildman–Crippen MR) is 76.3 cm³/mol. The SMILES string of the molecule is Cc1noc([C@@H]2CCN(S(=O)(=O)c3ccc(C)c(F)c3)C2)n1. The van der Waals surface area contributed by atoms with Crippen LogP contribution >= 0.6 is 0 Å². The normalized spacial score (nSPS) is 19.7. The summed E-state index contributed by atoms with van der Waals surface area (Å²) >= 11 is 0. The minimum absolute atomic E-state index is 0.0297. The van der Waals surface area contributed by atoms with E-state index in [9.17, 15) is 12.8 Å². The minimum Gasteiger partial charge on any atom is -0.339 e. The van der Waals surface area contributed by atoms with Gasteiger partial charge in [-0.2, -0.15) is 9.29 Å². The van der Waals surface area contributed by atoms with E-state index in [0.717, 1.165) is 6.07 Å². The molecule has 22 heavy (non-hydrogen) atoms. The lowest BCUT2D eigenvalue weighted by atomic mass is 10.1. The van der Waals surface area contributed by atoms with E-state index in [1.165, 1.54) is 16.4 Å². The number of benzene rings is 1. The van der Waals surface area contributed by atoms with Crippen molar-refractivity contribution in [2.75, 3.05) is 13.1 Å². The van der Waals surface area contributed by atoms with Crippen molar-refractivity contribution >= 4 is 10.0 Å². The molecule has 1 fully saturated rings. The van der Waals surface area contributed by atoms with E-state index >= 15 is 0 Å². The molecule has 1 saturated heterocycles. The van der Waals surface area contributed by atoms with Gasteiger partial charge in [-0.1, -0.05) is 11.2 Å². The maximum absolute atomic E-state index is 13.6. The summed E-state index contributed by atoms with van der Waals surface area (Å²) in [4.78, 5) is 4.12. The molecule has 3 rings (SSSR count). The average Bonchev–Trinajstić information content (AvgIpc) is 3.10. The average molecular weight is 325 g/mol. The highest BCUT2D eigenvalue weighted by Crippen LogP contribution is 2.30. The molecule has 0 spiro atoms. The summed E-state index contributed by atoms with van der Waals surface area (Å²) in [6.07, 6.45) is 0.606. The van der Waals surface area contributed by atoms with Gasteiger partial charge >= 0.3 is 0 Å². The minimum atomic E-state index is -3.71. The van der Waals surface area contributed by atoms with Gasteiger partial charge in [-0.05, 0) is 38.0 Å². The number of aryl methyl sites for hydroxylation is 2. The first-order chi connectivity index (χ1) is 10.4. The van der Waals surface area contributed by atoms with Crippen LogP contribution in [0, 0.1) is 19.7 Å². The smallest absolute Gasteiger partial charge is 0.243 e. The molecule has 0 N–H and O–H groups in total. The standard InChI is InChI=1S/C14H16FN3O3S/c1-9-3-4-12(7-13(9)15)22(19,20)18-6-5-11(8-18)14-16-10(2)17-21-14/h3-4,7,11H,5-6,8H2,1-2H3/t11-/m1/s1. The summed E-state index contributed by atoms with van der Waals surface area (Å²) in [5, 5.41) is 3.72. The van der Waals surface area contributed by atoms with Gasteiger partial charge in [-0.15, -0.1) is 0 Å². The first kappa shape index (κ1) is 15.1. The molecule has 1 aliphatic heterocycles. The molecular weight excluding hydrogens is 309 g/mol. The summed E-state index contributed by atoms with van der Waals surface area (Å²) in [5.41, 5.74) is 0.416. The van der Waals surface area contributed by atoms with Gasteiger partial charge in [0, 0.05) is 13.1 Å². The van der Waals surface area contributed by atoms with Gasteiger partial charge in [0.05, 0.1) is 10.8 Å². The van der Waals surface area contributed by atoms with Crippen LogP contribution in [0.15, 0.2) is 27.6 Å². The molecule has 1 aromatic heterocycles. The first-order valence-electron chi connectivity index (χ1n) is 6.94. The lowest BCUT2D eigenvalue weighted by molar-refractivity contribution is 0.351. The Morgan fingerprint density at radius 1 is 1.36 bits per heavy atom. The molecule has 6 nitrogen and oxygen atoms in total. The molecule has 2 heterocycles. The zero-order valence-corrected chi connectivity index (χ0v) is 13.1. The van der Waals surface area contributed by atoms with E-state index in [1.54, 1.807) is 13.8 Å². The van der Waals surface area contributed by atoms with E-state index in [0.29, 0.717) is 30.2 Å². The maximum atomic E-state index is 13.6. The molecular formula is C14H16FN3O3S. The Morgan fingerprint density at radius 2 is 2.14 bits per heavy atom. The third kappa shape index (κ3) is 2.64. The molecule has 2 aromatic rings. The Balaban J connectivity index is 1.83. The van der Waals surface area contributed by atoms with Crippen LogP contribution in [0.4, 0.5) is 4.39 Å². The second kappa shape index (κ2) is 5.44. The van der Waals surface area contributed by atoms with Crippen LogP contribution in [-0.4, -0.2) is 36.0 Å². The topological polar surface area (TPSA) is 76.3 Å². The second-order valence-corrected chi connectivity index (χ2v) is 7.38. The largest absolute Gasteiger partial charge is 0.339 e. The van der Waals surface area contributed by atoms with Crippen molar-refractivity contribution in [3.63, 3.8) is 0 Å². The summed E-state index contributed by atoms with van der Waals surface area (Å²) in [7, 11) is -3.71. The van der Waals surface area contributed by atoms with Crippen molar-refractivity contribution in [2.45, 2.75) is 31.1 Å². The van der Waals surface area contributed by atoms with Gasteiger partial charge in [0.1, 0.15) is 5.82 Å². The van der Waals surface area contributed by atoms with E-state index in [-0.39, 0.29) is 17.4 Å². The third-order valence-electron chi connectivity index (χ3n) is 3.82. The Bertz CT molecular complexity index is 803. The molecule has 0 saturated carbocycles. The predicted octanol–water partition coefficient (Wildman–Crippen LogP) is 2.00. The van der Waals surface area contributed by atoms with Crippen LogP contribution in [0.3, 0.4) is 0 Å². The lowest BCUT2D eigenvalue weighted by Gasteiger charge is -2.16. The van der Waals surface area contributed by atoms with Crippen molar-refractivity contribution in [3.05, 3.63) is 41.3 Å². The Kier molecular flexibility index (Phi) is 3.73. The summed E-state index contributed by atoms with van der Waals surface area (Å²) < 4.78 is 45.2. The van der Waals surface area contributed by atoms with Crippen LogP contribution < -0.4 is 0 Å². The van der Waals surface area contributed by atoms with E-state index in [4.69, 9.17) is 4.52 Å². The van der Waals surface area contributed by atoms with Gasteiger partial charge in [-0.3, -0.25) is 0 Å². The molecule has 0 radical (unpaired) electrons. The number of nitrogens with zero attached hydrogens (tertiary/aromatic N) is 3. The first-order valence-corrected chi connectivity index (χ1v) is 8.38. The molecule has 1 atom stereocenters. The van der Waals surface area contributed by atoms with E-state index in [2.05, 4.69) is 10.1 Å². The number of halogens is 1. The van der Waals surface area contributed by atoms with Crippen LogP contribution in [0.5, 0.6) is 0 Å². The van der Waals surface area contributed by atoms with Crippen LogP contribution in [0.25, 0.3) is 0 Å². The van der Waals surface area contributed by atoms with Gasteiger partial charge in [0.15, 0.2) is 5.82 Å². The number of hydrogen-bond donors (Lipinski definition) is 0. The molecule has 0 amide bonds. The van der Waals surface area contributed by atoms with Crippen molar-refractivity contribution in [3.8, 4) is 0 Å². The van der Waals surface area contributed by atoms with Gasteiger partial charge in [-0.25, -0.2) is 12.8 Å². The lowest BCUT2D eigenvalue weighted by Crippen LogP contribution is -2.28. The van der Waals surface area contributed by atoms with Crippen LogP contribution in [-0.2, 0) is 10.0 Å². The van der Waals surface area contributed by atoms with Gasteiger partial charge in [0.25, 0.3) is 0 Å². The Morgan fingerprint density at radius 3 is 2.77 bits per heavy atom. The zero-order chi connectivity index (χ0) is 15.9. The number of hydrogen-bond acceptors (Lipinski definition) is 5. The third-order valence-corrected chi connectivity index (χ3v) is 5.69. The highest BCUT2D eigenvalue weighted by atomic mass is 32.2. The summed E-state index contributed by atoms with van der Waals surface area (Å²) in [6, 6.07) is 3.96. The summed E-state index contributed by atoms with van der Waals surface area (Å²) in [5.74, 6) is 0.331. The Hall–Kier alpha value is -1.80. The van der Waals surface area contributed by atoms with Gasteiger partial charge in [0.2, 0.25) is 15.9 Å². The number of rotatable bonds is 3. The highest BCUT2D eigenvalue weighted by molar-refractivity contribution is 7.89. The van der Waals surface area contributed by atoms with Crippen molar-refractivity contribution in [1.29, 1.82) is 0 Å². The molecule has 0 aliphatic carbocycles. The molecule has 1 aromatic carbocycles.